The molecule has 0 fully saturated rings. The van der Waals surface area contributed by atoms with E-state index >= 15 is 0 Å². The molecule has 0 spiro atoms. The van der Waals surface area contributed by atoms with Crippen molar-refractivity contribution in [1.82, 2.24) is 0 Å². The van der Waals surface area contributed by atoms with Crippen LogP contribution in [0.25, 0.3) is 0 Å². The molecule has 0 aromatic heterocycles. The van der Waals surface area contributed by atoms with Crippen LogP contribution in [-0.2, 0) is 21.7 Å². The molecule has 0 atom stereocenters. The van der Waals surface area contributed by atoms with E-state index in [0.29, 0.717) is 0 Å². The van der Waals surface area contributed by atoms with Gasteiger partial charge in [-0.05, 0) is 0 Å². The Labute approximate surface area is 72.3 Å². The fourth-order valence-electron chi connectivity index (χ4n) is 0.677. The van der Waals surface area contributed by atoms with Crippen LogP contribution in [0.4, 0.5) is 0 Å². The van der Waals surface area contributed by atoms with E-state index in [1.54, 1.807) is 10.0 Å². The third kappa shape index (κ3) is 23.4. The molecule has 0 aliphatic heterocycles. The summed E-state index contributed by atoms with van der Waals surface area (Å²) in [6.07, 6.45) is 2.89. The van der Waals surface area contributed by atoms with Crippen molar-refractivity contribution < 1.29 is 26.6 Å². The van der Waals surface area contributed by atoms with E-state index in [4.69, 9.17) is 9.46 Å². The second-order valence-electron chi connectivity index (χ2n) is 2.14. The molecule has 0 aromatic rings. The van der Waals surface area contributed by atoms with E-state index in [9.17, 15) is 0 Å². The maximum atomic E-state index is 8.46. The molecule has 0 radical (unpaired) electrons. The molecule has 0 unspecified atom stereocenters. The summed E-state index contributed by atoms with van der Waals surface area (Å²) in [4.78, 5) is 6.99. The van der Waals surface area contributed by atoms with Gasteiger partial charge in [0.05, 0.1) is 0 Å². The molecule has 0 amide bonds. The first-order valence-electron chi connectivity index (χ1n) is 3.80. The summed E-state index contributed by atoms with van der Waals surface area (Å²) < 4.78 is 8.46. The van der Waals surface area contributed by atoms with Crippen molar-refractivity contribution in [2.24, 2.45) is 0 Å². The van der Waals surface area contributed by atoms with Crippen LogP contribution in [0, 0.1) is 0 Å². The molecule has 10 heavy (non-hydrogen) atoms. The van der Waals surface area contributed by atoms with E-state index in [-0.39, 0.29) is 17.1 Å². The molecule has 0 bridgehead atoms. The number of rotatable bonds is 4. The minimum Gasteiger partial charge on any atom is -0.310 e. The molecule has 0 rings (SSSR count). The van der Waals surface area contributed by atoms with Crippen LogP contribution >= 0.6 is 8.69 Å². The fourth-order valence-corrected chi connectivity index (χ4v) is 3.52. The zero-order chi connectivity index (χ0) is 8.24. The Balaban J connectivity index is 0. The summed E-state index contributed by atoms with van der Waals surface area (Å²) in [5.74, 6) is 0. The predicted molar refractivity (Wildman–Crippen MR) is 40.0 cm³/mol. The summed E-state index contributed by atoms with van der Waals surface area (Å²) in [7, 11) is -0.833. The van der Waals surface area contributed by atoms with Gasteiger partial charge >= 0.3 is 62.5 Å². The second kappa shape index (κ2) is 16.3. The Morgan fingerprint density at radius 2 is 1.60 bits per heavy atom. The number of hydrogen-bond donors (Lipinski definition) is 1. The van der Waals surface area contributed by atoms with Crippen molar-refractivity contribution in [3.05, 3.63) is 0 Å². The van der Waals surface area contributed by atoms with E-state index in [2.05, 4.69) is 13.8 Å². The van der Waals surface area contributed by atoms with E-state index < -0.39 is 8.69 Å². The van der Waals surface area contributed by atoms with Gasteiger partial charge in [-0.25, -0.2) is 4.57 Å². The monoisotopic (exact) mass is 214 g/mol. The molecule has 0 aliphatic rings. The van der Waals surface area contributed by atoms with E-state index in [1.807, 2.05) is 0 Å². The van der Waals surface area contributed by atoms with Crippen LogP contribution in [-0.4, -0.2) is 4.89 Å². The largest absolute Gasteiger partial charge is 0.324 e. The maximum Gasteiger partial charge on any atom is 0.324 e. The van der Waals surface area contributed by atoms with Gasteiger partial charge in [0, 0.05) is 0 Å². The zero-order valence-electron chi connectivity index (χ0n) is 6.84. The molecular weight excluding hydrogens is 200 g/mol. The smallest absolute Gasteiger partial charge is 0.310 e. The SMILES string of the molecule is CC[CH2][Zn][CH2]CC.O=PO. The van der Waals surface area contributed by atoms with Crippen molar-refractivity contribution in [2.75, 3.05) is 0 Å². The van der Waals surface area contributed by atoms with Gasteiger partial charge in [-0.15, -0.1) is 0 Å². The first-order chi connectivity index (χ1) is 4.83. The zero-order valence-corrected chi connectivity index (χ0v) is 10.7. The Morgan fingerprint density at radius 3 is 1.80 bits per heavy atom. The molecule has 2 nitrogen and oxygen atoms in total. The molecule has 0 aliphatic carbocycles. The first kappa shape index (κ1) is 13.3. The Hall–Kier alpha value is 0.683. The van der Waals surface area contributed by atoms with Gasteiger partial charge in [0.15, 0.2) is 0 Å². The van der Waals surface area contributed by atoms with Crippen LogP contribution in [0.2, 0.25) is 10.0 Å². The molecule has 1 N–H and O–H groups in total. The third-order valence-corrected chi connectivity index (χ3v) is 6.27. The Bertz CT molecular complexity index is 57.7. The second-order valence-corrected chi connectivity index (χ2v) is 6.76. The Kier molecular flexibility index (Phi) is 21.7. The van der Waals surface area contributed by atoms with Gasteiger partial charge in [0.2, 0.25) is 0 Å². The molecule has 58 valence electrons. The minimum atomic E-state index is -0.833. The summed E-state index contributed by atoms with van der Waals surface area (Å²) >= 11 is 0.0521. The van der Waals surface area contributed by atoms with Gasteiger partial charge in [-0.1, -0.05) is 0 Å². The molecule has 4 heteroatoms. The molecular formula is C6H15O2PZn. The average Bonchev–Trinajstić information content (AvgIpc) is 1.91. The minimum absolute atomic E-state index is 0.0521. The molecule has 0 saturated heterocycles. The first-order valence-corrected chi connectivity index (χ1v) is 8.76. The van der Waals surface area contributed by atoms with Crippen LogP contribution in [0.15, 0.2) is 0 Å². The van der Waals surface area contributed by atoms with Gasteiger partial charge in [-0.3, -0.25) is 0 Å². The van der Waals surface area contributed by atoms with Crippen molar-refractivity contribution in [3.8, 4) is 0 Å². The predicted octanol–water partition coefficient (Wildman–Crippen LogP) is 2.91. The molecule has 0 heterocycles. The van der Waals surface area contributed by atoms with Crippen molar-refractivity contribution in [2.45, 2.75) is 36.7 Å². The topological polar surface area (TPSA) is 37.3 Å². The van der Waals surface area contributed by atoms with Crippen molar-refractivity contribution in [1.29, 1.82) is 0 Å². The summed E-state index contributed by atoms with van der Waals surface area (Å²) in [6, 6.07) is 0. The molecule has 0 saturated carbocycles. The van der Waals surface area contributed by atoms with Gasteiger partial charge in [0.1, 0.15) is 0 Å². The normalized spacial score (nSPS) is 7.90. The van der Waals surface area contributed by atoms with Crippen LogP contribution in [0.1, 0.15) is 26.7 Å². The third-order valence-electron chi connectivity index (χ3n) is 1.21. The van der Waals surface area contributed by atoms with Crippen LogP contribution in [0.3, 0.4) is 0 Å². The summed E-state index contributed by atoms with van der Waals surface area (Å²) in [5.41, 5.74) is 0. The summed E-state index contributed by atoms with van der Waals surface area (Å²) in [5, 5.41) is 3.22. The fraction of sp³-hybridized carbons (Fsp3) is 1.00. The maximum absolute atomic E-state index is 8.46. The van der Waals surface area contributed by atoms with Crippen LogP contribution < -0.4 is 0 Å². The van der Waals surface area contributed by atoms with E-state index in [1.165, 1.54) is 12.8 Å². The Morgan fingerprint density at radius 1 is 1.30 bits per heavy atom. The quantitative estimate of drug-likeness (QED) is 0.445. The van der Waals surface area contributed by atoms with E-state index in [0.717, 1.165) is 0 Å². The summed E-state index contributed by atoms with van der Waals surface area (Å²) in [6.45, 7) is 4.59. The van der Waals surface area contributed by atoms with Crippen molar-refractivity contribution in [3.63, 3.8) is 0 Å². The van der Waals surface area contributed by atoms with Crippen LogP contribution in [0.5, 0.6) is 0 Å². The average molecular weight is 216 g/mol. The van der Waals surface area contributed by atoms with Crippen molar-refractivity contribution >= 4 is 8.69 Å². The standard InChI is InChI=1S/2C3H7.HO2P.Zn/c3*1-3-2;/h2*1,3H2,2H3;(H,1,2);. The van der Waals surface area contributed by atoms with Gasteiger partial charge < -0.3 is 4.89 Å². The molecule has 0 aromatic carbocycles. The number of hydrogen-bond acceptors (Lipinski definition) is 1. The van der Waals surface area contributed by atoms with Gasteiger partial charge in [-0.2, -0.15) is 0 Å². The van der Waals surface area contributed by atoms with Gasteiger partial charge in [0.25, 0.3) is 0 Å².